The van der Waals surface area contributed by atoms with Crippen molar-refractivity contribution in [2.24, 2.45) is 23.7 Å². The van der Waals surface area contributed by atoms with E-state index in [2.05, 4.69) is 4.90 Å². The molecule has 1 aliphatic carbocycles. The topological polar surface area (TPSA) is 180 Å². The van der Waals surface area contributed by atoms with Crippen LogP contribution in [0.3, 0.4) is 0 Å². The van der Waals surface area contributed by atoms with Crippen molar-refractivity contribution in [1.29, 1.82) is 0 Å². The molecule has 6 rings (SSSR count). The van der Waals surface area contributed by atoms with E-state index in [0.717, 1.165) is 29.7 Å². The number of halogens is 1. The minimum Gasteiger partial charge on any atom is -0.458 e. The van der Waals surface area contributed by atoms with Crippen LogP contribution in [-0.4, -0.2) is 149 Å². The lowest BCUT2D eigenvalue weighted by molar-refractivity contribution is -0.303. The van der Waals surface area contributed by atoms with E-state index in [0.29, 0.717) is 18.9 Å². The van der Waals surface area contributed by atoms with Crippen LogP contribution in [0, 0.1) is 29.5 Å². The second kappa shape index (κ2) is 19.9. The number of ether oxygens (including phenoxy) is 7. The minimum absolute atomic E-state index is 0.0471. The molecule has 0 bridgehead atoms. The third-order valence-corrected chi connectivity index (χ3v) is 14.9. The van der Waals surface area contributed by atoms with Crippen LogP contribution in [0.5, 0.6) is 0 Å². The van der Waals surface area contributed by atoms with Crippen LogP contribution in [0.1, 0.15) is 106 Å². The van der Waals surface area contributed by atoms with Gasteiger partial charge in [-0.25, -0.2) is 23.7 Å². The zero-order chi connectivity index (χ0) is 47.0. The molecule has 16 nitrogen and oxygen atoms in total. The molecule has 1 N–H and O–H groups in total. The van der Waals surface area contributed by atoms with Crippen LogP contribution in [0.4, 0.5) is 18.8 Å². The molecule has 4 heterocycles. The first-order valence-electron chi connectivity index (χ1n) is 23.1. The molecule has 358 valence electrons. The highest BCUT2D eigenvalue weighted by Crippen LogP contribution is 2.44. The number of hydrogen-bond donors (Lipinski definition) is 1. The van der Waals surface area contributed by atoms with Crippen LogP contribution in [0.2, 0.25) is 0 Å². The maximum Gasteiger partial charge on any atom is 0.419 e. The number of carbonyl (C=O) groups is 5. The molecule has 3 amide bonds. The highest BCUT2D eigenvalue weighted by Gasteiger charge is 2.61. The minimum atomic E-state index is -1.53. The lowest BCUT2D eigenvalue weighted by atomic mass is 9.73. The number of Topliss-reactive ketones (excluding diaryl/α,β-unsaturated/α-hetero) is 1. The number of hydrogen-bond acceptors (Lipinski definition) is 14. The molecule has 0 spiro atoms. The number of cyclic esters (lactones) is 2. The molecule has 17 heteroatoms. The number of aliphatic hydroxyl groups is 1. The number of ketones is 1. The first-order valence-corrected chi connectivity index (χ1v) is 23.1. The Kier molecular flexibility index (Phi) is 15.4. The summed E-state index contributed by atoms with van der Waals surface area (Å²) in [6, 6.07) is 4.35. The summed E-state index contributed by atoms with van der Waals surface area (Å²) < 4.78 is 57.3. The van der Waals surface area contributed by atoms with E-state index in [-0.39, 0.29) is 43.9 Å². The van der Waals surface area contributed by atoms with Gasteiger partial charge in [0.15, 0.2) is 11.9 Å². The maximum absolute atomic E-state index is 15.0. The first kappa shape index (κ1) is 49.5. The number of carbonyl (C=O) groups excluding carboxylic acids is 5. The Hall–Kier alpha value is -3.90. The van der Waals surface area contributed by atoms with Gasteiger partial charge in [0.1, 0.15) is 36.5 Å². The van der Waals surface area contributed by atoms with Gasteiger partial charge in [0.2, 0.25) is 0 Å². The zero-order valence-corrected chi connectivity index (χ0v) is 39.3. The number of imide groups is 1. The van der Waals surface area contributed by atoms with Gasteiger partial charge in [0.05, 0.1) is 35.8 Å². The van der Waals surface area contributed by atoms with Crippen LogP contribution in [0.15, 0.2) is 24.3 Å². The number of esters is 1. The van der Waals surface area contributed by atoms with Crippen molar-refractivity contribution in [1.82, 2.24) is 14.7 Å². The molecule has 4 saturated heterocycles. The fourth-order valence-corrected chi connectivity index (χ4v) is 10.9. The Morgan fingerprint density at radius 1 is 1.00 bits per heavy atom. The molecule has 0 aromatic heterocycles. The number of fused-ring (bicyclic) bond motifs is 1. The summed E-state index contributed by atoms with van der Waals surface area (Å²) in [4.78, 5) is 75.0. The number of rotatable bonds is 10. The van der Waals surface area contributed by atoms with E-state index in [1.807, 2.05) is 14.0 Å². The summed E-state index contributed by atoms with van der Waals surface area (Å²) in [6.07, 6.45) is -4.60. The normalized spacial score (nSPS) is 39.1. The molecular formula is C47H70FN3O13. The van der Waals surface area contributed by atoms with Gasteiger partial charge >= 0.3 is 24.2 Å². The number of nitrogens with zero attached hydrogens (tertiary/aromatic N) is 3. The van der Waals surface area contributed by atoms with Gasteiger partial charge < -0.3 is 38.3 Å². The van der Waals surface area contributed by atoms with E-state index < -0.39 is 108 Å². The number of likely N-dealkylation sites (N-methyl/N-ethyl adjacent to an activating group) is 1. The molecule has 0 radical (unpaired) electrons. The molecule has 15 atom stereocenters. The third kappa shape index (κ3) is 9.79. The fraction of sp³-hybridized carbons (Fsp3) is 0.766. The smallest absolute Gasteiger partial charge is 0.419 e. The average Bonchev–Trinajstić information content (AvgIpc) is 3.71. The SMILES string of the molecule is CCC1OC(=O)C(C)C(OC(=O)N2C(=O)OCC2C)C(C)C(OC2OC(C)CC(N(C)C3CCC3)C2O)C(C)(OC)CC(C)C(=O)C(C)C2N(CCc3ccc(F)cc3)C(=O)OC12C. The molecule has 1 aromatic rings. The molecular weight excluding hydrogens is 834 g/mol. The van der Waals surface area contributed by atoms with Crippen molar-refractivity contribution >= 4 is 30.0 Å². The lowest BCUT2D eigenvalue weighted by Gasteiger charge is -2.50. The number of aliphatic hydroxyl groups excluding tert-OH is 1. The monoisotopic (exact) mass is 903 g/mol. The molecule has 5 aliphatic rings. The summed E-state index contributed by atoms with van der Waals surface area (Å²) in [7, 11) is 3.48. The van der Waals surface area contributed by atoms with Crippen LogP contribution in [0.25, 0.3) is 0 Å². The van der Waals surface area contributed by atoms with Crippen LogP contribution in [-0.2, 0) is 49.2 Å². The largest absolute Gasteiger partial charge is 0.458 e. The van der Waals surface area contributed by atoms with Crippen molar-refractivity contribution in [2.75, 3.05) is 27.3 Å². The average molecular weight is 904 g/mol. The zero-order valence-electron chi connectivity index (χ0n) is 39.3. The van der Waals surface area contributed by atoms with E-state index in [1.54, 1.807) is 67.5 Å². The summed E-state index contributed by atoms with van der Waals surface area (Å²) in [6.45, 7) is 15.6. The Morgan fingerprint density at radius 3 is 2.25 bits per heavy atom. The van der Waals surface area contributed by atoms with Crippen LogP contribution < -0.4 is 0 Å². The van der Waals surface area contributed by atoms with Gasteiger partial charge in [-0.1, -0.05) is 46.2 Å². The van der Waals surface area contributed by atoms with Gasteiger partial charge in [0.25, 0.3) is 0 Å². The second-order valence-electron chi connectivity index (χ2n) is 19.4. The van der Waals surface area contributed by atoms with Gasteiger partial charge in [-0.15, -0.1) is 0 Å². The summed E-state index contributed by atoms with van der Waals surface area (Å²) >= 11 is 0. The van der Waals surface area contributed by atoms with E-state index >= 15 is 0 Å². The van der Waals surface area contributed by atoms with Gasteiger partial charge in [-0.3, -0.25) is 19.4 Å². The first-order chi connectivity index (χ1) is 30.1. The summed E-state index contributed by atoms with van der Waals surface area (Å²) in [5.74, 6) is -5.19. The predicted molar refractivity (Wildman–Crippen MR) is 229 cm³/mol. The van der Waals surface area contributed by atoms with E-state index in [4.69, 9.17) is 33.2 Å². The third-order valence-electron chi connectivity index (χ3n) is 14.9. The molecule has 1 aromatic carbocycles. The van der Waals surface area contributed by atoms with Gasteiger partial charge in [-0.05, 0) is 97.9 Å². The van der Waals surface area contributed by atoms with Crippen molar-refractivity contribution in [3.05, 3.63) is 35.6 Å². The maximum atomic E-state index is 15.0. The van der Waals surface area contributed by atoms with Crippen molar-refractivity contribution in [3.63, 3.8) is 0 Å². The second-order valence-corrected chi connectivity index (χ2v) is 19.4. The fourth-order valence-electron chi connectivity index (χ4n) is 10.9. The standard InChI is InChI=1S/C47H70FN3O13/c1-12-35-47(9)39(50(43(55)64-47)21-20-31-16-18-32(48)19-17-31)28(5)36(52)25(2)23-46(8,58-11)40(63-42-37(53)34(22-27(4)60-42)49(10)33-14-13-15-33)29(6)38(30(7)41(54)61-35)62-45(57)51-26(3)24-59-44(51)56/h16-19,25-30,33-35,37-40,42,53H,12-15,20-24H2,1-11H3. The molecule has 1 saturated carbocycles. The summed E-state index contributed by atoms with van der Waals surface area (Å²) in [5.41, 5.74) is -2.15. The van der Waals surface area contributed by atoms with Crippen molar-refractivity contribution in [2.45, 2.75) is 179 Å². The Labute approximate surface area is 376 Å². The highest BCUT2D eigenvalue weighted by atomic mass is 19.1. The number of amides is 3. The summed E-state index contributed by atoms with van der Waals surface area (Å²) in [5, 5.41) is 12.0. The van der Waals surface area contributed by atoms with Gasteiger partial charge in [0, 0.05) is 43.5 Å². The molecule has 5 fully saturated rings. The van der Waals surface area contributed by atoms with Crippen molar-refractivity contribution in [3.8, 4) is 0 Å². The van der Waals surface area contributed by atoms with Gasteiger partial charge in [-0.2, -0.15) is 0 Å². The number of methoxy groups -OCH3 is 1. The lowest BCUT2D eigenvalue weighted by Crippen LogP contribution is -2.62. The molecule has 64 heavy (non-hydrogen) atoms. The van der Waals surface area contributed by atoms with E-state index in [1.165, 1.54) is 24.1 Å². The highest BCUT2D eigenvalue weighted by molar-refractivity contribution is 5.90. The Bertz CT molecular complexity index is 1850. The van der Waals surface area contributed by atoms with Crippen molar-refractivity contribution < 1.29 is 66.6 Å². The molecule has 4 aliphatic heterocycles. The Morgan fingerprint density at radius 2 is 1.67 bits per heavy atom. The molecule has 15 unspecified atom stereocenters. The predicted octanol–water partition coefficient (Wildman–Crippen LogP) is 6.27. The van der Waals surface area contributed by atoms with Crippen LogP contribution >= 0.6 is 0 Å². The number of benzene rings is 1. The Balaban J connectivity index is 1.43. The quantitative estimate of drug-likeness (QED) is 0.205. The van der Waals surface area contributed by atoms with E-state index in [9.17, 15) is 33.5 Å².